The van der Waals surface area contributed by atoms with Crippen LogP contribution in [-0.2, 0) is 6.61 Å². The lowest BCUT2D eigenvalue weighted by atomic mass is 10.0. The highest BCUT2D eigenvalue weighted by molar-refractivity contribution is 5.74. The molecule has 4 heteroatoms. The van der Waals surface area contributed by atoms with Crippen LogP contribution in [0.2, 0.25) is 0 Å². The number of para-hydroxylation sites is 1. The van der Waals surface area contributed by atoms with Crippen molar-refractivity contribution in [3.05, 3.63) is 83.9 Å². The first kappa shape index (κ1) is 15.0. The van der Waals surface area contributed by atoms with Crippen molar-refractivity contribution in [2.75, 3.05) is 5.73 Å². The summed E-state index contributed by atoms with van der Waals surface area (Å²) in [7, 11) is 0. The van der Waals surface area contributed by atoms with Crippen LogP contribution in [0.1, 0.15) is 5.56 Å². The Morgan fingerprint density at radius 3 is 2.30 bits per heavy atom. The predicted octanol–water partition coefficient (Wildman–Crippen LogP) is 4.79. The van der Waals surface area contributed by atoms with Crippen molar-refractivity contribution in [3.8, 4) is 16.9 Å². The lowest BCUT2D eigenvalue weighted by Gasteiger charge is -2.13. The van der Waals surface area contributed by atoms with Gasteiger partial charge in [-0.15, -0.1) is 0 Å². The van der Waals surface area contributed by atoms with Gasteiger partial charge in [-0.3, -0.25) is 0 Å². The van der Waals surface area contributed by atoms with Crippen molar-refractivity contribution in [3.63, 3.8) is 0 Å². The van der Waals surface area contributed by atoms with Crippen LogP contribution in [-0.4, -0.2) is 0 Å². The van der Waals surface area contributed by atoms with E-state index >= 15 is 0 Å². The Morgan fingerprint density at radius 1 is 0.826 bits per heavy atom. The van der Waals surface area contributed by atoms with Gasteiger partial charge in [0.15, 0.2) is 5.82 Å². The highest BCUT2D eigenvalue weighted by Crippen LogP contribution is 2.35. The molecule has 0 spiro atoms. The van der Waals surface area contributed by atoms with E-state index in [2.05, 4.69) is 0 Å². The minimum atomic E-state index is -0.777. The van der Waals surface area contributed by atoms with E-state index < -0.39 is 11.6 Å². The van der Waals surface area contributed by atoms with Gasteiger partial charge >= 0.3 is 0 Å². The maximum absolute atomic E-state index is 14.3. The van der Waals surface area contributed by atoms with Gasteiger partial charge in [0.1, 0.15) is 18.2 Å². The smallest absolute Gasteiger partial charge is 0.156 e. The number of halogens is 2. The molecule has 0 aliphatic carbocycles. The molecule has 3 aromatic carbocycles. The number of rotatable bonds is 4. The standard InChI is InChI=1S/C19H15F2NO/c20-15-10-11-16(22)19(21)18(15)14-8-4-5-9-17(14)23-12-13-6-2-1-3-7-13/h1-11H,12,22H2. The second-order valence-electron chi connectivity index (χ2n) is 5.10. The molecule has 0 aliphatic rings. The Labute approximate surface area is 133 Å². The minimum Gasteiger partial charge on any atom is -0.488 e. The third-order valence-electron chi connectivity index (χ3n) is 3.51. The minimum absolute atomic E-state index is 0.0979. The van der Waals surface area contributed by atoms with Crippen LogP contribution < -0.4 is 10.5 Å². The van der Waals surface area contributed by atoms with E-state index in [1.165, 1.54) is 6.07 Å². The van der Waals surface area contributed by atoms with E-state index in [0.717, 1.165) is 11.6 Å². The maximum Gasteiger partial charge on any atom is 0.156 e. The van der Waals surface area contributed by atoms with Crippen molar-refractivity contribution in [1.82, 2.24) is 0 Å². The number of nitrogen functional groups attached to an aromatic ring is 1. The molecule has 0 bridgehead atoms. The Balaban J connectivity index is 1.97. The maximum atomic E-state index is 14.3. The Bertz CT molecular complexity index is 819. The van der Waals surface area contributed by atoms with Crippen LogP contribution in [0, 0.1) is 11.6 Å². The van der Waals surface area contributed by atoms with Gasteiger partial charge in [0, 0.05) is 5.56 Å². The number of anilines is 1. The largest absolute Gasteiger partial charge is 0.488 e. The zero-order chi connectivity index (χ0) is 16.2. The molecule has 0 heterocycles. The van der Waals surface area contributed by atoms with Gasteiger partial charge in [0.25, 0.3) is 0 Å². The number of ether oxygens (including phenoxy) is 1. The highest BCUT2D eigenvalue weighted by Gasteiger charge is 2.17. The third-order valence-corrected chi connectivity index (χ3v) is 3.51. The molecule has 0 radical (unpaired) electrons. The summed E-state index contributed by atoms with van der Waals surface area (Å²) in [5.41, 5.74) is 6.60. The van der Waals surface area contributed by atoms with E-state index in [1.807, 2.05) is 30.3 Å². The molecule has 23 heavy (non-hydrogen) atoms. The van der Waals surface area contributed by atoms with Gasteiger partial charge in [0.2, 0.25) is 0 Å². The van der Waals surface area contributed by atoms with Gasteiger partial charge in [-0.25, -0.2) is 8.78 Å². The van der Waals surface area contributed by atoms with Crippen molar-refractivity contribution in [2.45, 2.75) is 6.61 Å². The normalized spacial score (nSPS) is 10.5. The fourth-order valence-corrected chi connectivity index (χ4v) is 2.35. The van der Waals surface area contributed by atoms with Gasteiger partial charge in [0.05, 0.1) is 11.3 Å². The fourth-order valence-electron chi connectivity index (χ4n) is 2.35. The molecular weight excluding hydrogens is 296 g/mol. The van der Waals surface area contributed by atoms with Crippen molar-refractivity contribution < 1.29 is 13.5 Å². The Kier molecular flexibility index (Phi) is 4.24. The fraction of sp³-hybridized carbons (Fsp3) is 0.0526. The average Bonchev–Trinajstić information content (AvgIpc) is 2.59. The lowest BCUT2D eigenvalue weighted by Crippen LogP contribution is -2.00. The molecule has 0 atom stereocenters. The number of hydrogen-bond donors (Lipinski definition) is 1. The van der Waals surface area contributed by atoms with Gasteiger partial charge < -0.3 is 10.5 Å². The molecule has 0 aromatic heterocycles. The number of benzene rings is 3. The predicted molar refractivity (Wildman–Crippen MR) is 87.0 cm³/mol. The summed E-state index contributed by atoms with van der Waals surface area (Å²) in [6.07, 6.45) is 0. The van der Waals surface area contributed by atoms with Crippen molar-refractivity contribution in [2.24, 2.45) is 0 Å². The second-order valence-corrected chi connectivity index (χ2v) is 5.10. The first-order valence-electron chi connectivity index (χ1n) is 7.16. The monoisotopic (exact) mass is 311 g/mol. The van der Waals surface area contributed by atoms with E-state index in [1.54, 1.807) is 24.3 Å². The molecule has 116 valence electrons. The molecule has 0 unspecified atom stereocenters. The van der Waals surface area contributed by atoms with Crippen LogP contribution in [0.15, 0.2) is 66.7 Å². The topological polar surface area (TPSA) is 35.2 Å². The Morgan fingerprint density at radius 2 is 1.52 bits per heavy atom. The van der Waals surface area contributed by atoms with Crippen LogP contribution in [0.4, 0.5) is 14.5 Å². The zero-order valence-electron chi connectivity index (χ0n) is 12.3. The third kappa shape index (κ3) is 3.16. The summed E-state index contributed by atoms with van der Waals surface area (Å²) < 4.78 is 34.1. The highest BCUT2D eigenvalue weighted by atomic mass is 19.1. The quantitative estimate of drug-likeness (QED) is 0.703. The first-order valence-corrected chi connectivity index (χ1v) is 7.16. The number of nitrogens with two attached hydrogens (primary N) is 1. The van der Waals surface area contributed by atoms with E-state index in [9.17, 15) is 8.78 Å². The SMILES string of the molecule is Nc1ccc(F)c(-c2ccccc2OCc2ccccc2)c1F. The second kappa shape index (κ2) is 6.48. The first-order chi connectivity index (χ1) is 11.2. The van der Waals surface area contributed by atoms with Crippen LogP contribution >= 0.6 is 0 Å². The summed E-state index contributed by atoms with van der Waals surface area (Å²) in [5, 5.41) is 0. The van der Waals surface area contributed by atoms with Crippen molar-refractivity contribution >= 4 is 5.69 Å². The Hall–Kier alpha value is -2.88. The molecule has 0 aliphatic heterocycles. The van der Waals surface area contributed by atoms with Crippen LogP contribution in [0.25, 0.3) is 11.1 Å². The van der Waals surface area contributed by atoms with E-state index in [-0.39, 0.29) is 11.3 Å². The summed E-state index contributed by atoms with van der Waals surface area (Å²) in [6, 6.07) is 18.7. The van der Waals surface area contributed by atoms with E-state index in [4.69, 9.17) is 10.5 Å². The molecule has 3 rings (SSSR count). The number of hydrogen-bond acceptors (Lipinski definition) is 2. The van der Waals surface area contributed by atoms with Gasteiger partial charge in [-0.2, -0.15) is 0 Å². The molecule has 3 aromatic rings. The molecule has 0 amide bonds. The van der Waals surface area contributed by atoms with Crippen LogP contribution in [0.3, 0.4) is 0 Å². The molecule has 0 saturated carbocycles. The van der Waals surface area contributed by atoms with Crippen molar-refractivity contribution in [1.29, 1.82) is 0 Å². The molecule has 0 saturated heterocycles. The summed E-state index contributed by atoms with van der Waals surface area (Å²) in [4.78, 5) is 0. The van der Waals surface area contributed by atoms with E-state index in [0.29, 0.717) is 17.9 Å². The molecule has 2 N–H and O–H groups in total. The zero-order valence-corrected chi connectivity index (χ0v) is 12.3. The van der Waals surface area contributed by atoms with Gasteiger partial charge in [-0.1, -0.05) is 48.5 Å². The average molecular weight is 311 g/mol. The molecular formula is C19H15F2NO. The van der Waals surface area contributed by atoms with Crippen LogP contribution in [0.5, 0.6) is 5.75 Å². The molecule has 0 fully saturated rings. The summed E-state index contributed by atoms with van der Waals surface area (Å²) in [5.74, 6) is -1.05. The summed E-state index contributed by atoms with van der Waals surface area (Å²) in [6.45, 7) is 0.309. The lowest BCUT2D eigenvalue weighted by molar-refractivity contribution is 0.307. The molecule has 2 nitrogen and oxygen atoms in total. The summed E-state index contributed by atoms with van der Waals surface area (Å²) >= 11 is 0. The van der Waals surface area contributed by atoms with Gasteiger partial charge in [-0.05, 0) is 23.8 Å².